The summed E-state index contributed by atoms with van der Waals surface area (Å²) in [6.45, 7) is 0. The number of nitrogens with two attached hydrogens (primary N) is 2. The minimum atomic E-state index is -4.77. The zero-order valence-corrected chi connectivity index (χ0v) is 8.52. The van der Waals surface area contributed by atoms with E-state index < -0.39 is 12.2 Å². The van der Waals surface area contributed by atoms with Crippen molar-refractivity contribution in [2.75, 3.05) is 11.5 Å². The van der Waals surface area contributed by atoms with Crippen LogP contribution in [0.2, 0.25) is 0 Å². The second kappa shape index (κ2) is 3.41. The molecule has 2 aromatic heterocycles. The van der Waals surface area contributed by atoms with E-state index in [0.717, 1.165) is 17.4 Å². The van der Waals surface area contributed by atoms with Gasteiger partial charge in [-0.05, 0) is 0 Å². The molecule has 0 saturated heterocycles. The van der Waals surface area contributed by atoms with Gasteiger partial charge in [0.1, 0.15) is 0 Å². The van der Waals surface area contributed by atoms with Crippen molar-refractivity contribution < 1.29 is 17.9 Å². The quantitative estimate of drug-likeness (QED) is 0.813. The average molecular weight is 249 g/mol. The maximum absolute atomic E-state index is 11.9. The van der Waals surface area contributed by atoms with Crippen molar-refractivity contribution in [1.29, 1.82) is 0 Å². The summed E-state index contributed by atoms with van der Waals surface area (Å²) in [4.78, 5) is 3.50. The monoisotopic (exact) mass is 249 g/mol. The summed E-state index contributed by atoms with van der Waals surface area (Å²) in [6, 6.07) is 1.12. The number of thiophene rings is 1. The number of nitrogens with zero attached hydrogens (tertiary/aromatic N) is 1. The van der Waals surface area contributed by atoms with E-state index in [2.05, 4.69) is 9.72 Å². The van der Waals surface area contributed by atoms with E-state index >= 15 is 0 Å². The normalized spacial score (nSPS) is 11.9. The molecular formula is C8H6F3N3OS. The summed E-state index contributed by atoms with van der Waals surface area (Å²) >= 11 is 1.09. The van der Waals surface area contributed by atoms with Crippen LogP contribution in [0.5, 0.6) is 5.88 Å². The van der Waals surface area contributed by atoms with Crippen LogP contribution in [0.25, 0.3) is 10.8 Å². The smallest absolute Gasteiger partial charge is 0.390 e. The number of aromatic nitrogens is 1. The van der Waals surface area contributed by atoms with E-state index in [4.69, 9.17) is 11.5 Å². The van der Waals surface area contributed by atoms with Gasteiger partial charge in [0.25, 0.3) is 0 Å². The van der Waals surface area contributed by atoms with E-state index in [1.54, 1.807) is 0 Å². The summed E-state index contributed by atoms with van der Waals surface area (Å²) in [5, 5.41) is 1.69. The Morgan fingerprint density at radius 1 is 1.19 bits per heavy atom. The molecule has 8 heteroatoms. The fourth-order valence-electron chi connectivity index (χ4n) is 1.24. The Kier molecular flexibility index (Phi) is 2.30. The lowest BCUT2D eigenvalue weighted by Crippen LogP contribution is -2.17. The van der Waals surface area contributed by atoms with Crippen LogP contribution in [0, 0.1) is 0 Å². The number of ether oxygens (including phenoxy) is 1. The second-order valence-corrected chi connectivity index (χ2v) is 4.03. The molecule has 0 radical (unpaired) electrons. The third-order valence-corrected chi connectivity index (χ3v) is 2.73. The number of halogens is 3. The number of alkyl halides is 3. The predicted molar refractivity (Wildman–Crippen MR) is 55.1 cm³/mol. The Labute approximate surface area is 91.6 Å². The molecule has 0 amide bonds. The number of fused-ring (bicyclic) bond motifs is 1. The van der Waals surface area contributed by atoms with Crippen molar-refractivity contribution in [1.82, 2.24) is 4.98 Å². The van der Waals surface area contributed by atoms with Crippen LogP contribution in [0.3, 0.4) is 0 Å². The largest absolute Gasteiger partial charge is 0.574 e. The first-order chi connectivity index (χ1) is 7.37. The molecule has 4 nitrogen and oxygen atoms in total. The Morgan fingerprint density at radius 2 is 1.81 bits per heavy atom. The molecule has 2 heterocycles. The zero-order valence-electron chi connectivity index (χ0n) is 7.71. The van der Waals surface area contributed by atoms with Gasteiger partial charge in [-0.2, -0.15) is 0 Å². The van der Waals surface area contributed by atoms with Gasteiger partial charge >= 0.3 is 6.36 Å². The van der Waals surface area contributed by atoms with E-state index in [0.29, 0.717) is 20.8 Å². The molecule has 0 atom stereocenters. The summed E-state index contributed by atoms with van der Waals surface area (Å²) in [7, 11) is 0. The highest BCUT2D eigenvalue weighted by Gasteiger charge is 2.32. The number of pyridine rings is 1. The Balaban J connectivity index is 2.48. The number of anilines is 2. The van der Waals surface area contributed by atoms with Crippen molar-refractivity contribution in [3.05, 3.63) is 12.3 Å². The average Bonchev–Trinajstić information content (AvgIpc) is 2.40. The third-order valence-electron chi connectivity index (χ3n) is 1.85. The molecule has 0 fully saturated rings. The Bertz CT molecular complexity index is 537. The first-order valence-electron chi connectivity index (χ1n) is 4.06. The maximum atomic E-state index is 11.9. The number of hydrogen-bond acceptors (Lipinski definition) is 5. The number of hydrogen-bond donors (Lipinski definition) is 2. The molecule has 0 unspecified atom stereocenters. The minimum absolute atomic E-state index is 0.335. The Hall–Kier alpha value is -1.70. The Morgan fingerprint density at radius 3 is 2.44 bits per heavy atom. The first kappa shape index (κ1) is 10.8. The van der Waals surface area contributed by atoms with Crippen LogP contribution in [-0.4, -0.2) is 11.3 Å². The third kappa shape index (κ3) is 1.96. The SMILES string of the molecule is Nc1sc(N)c2cc(OC(F)(F)F)ncc12. The highest BCUT2D eigenvalue weighted by Crippen LogP contribution is 2.37. The summed E-state index contributed by atoms with van der Waals surface area (Å²) < 4.78 is 39.5. The van der Waals surface area contributed by atoms with Gasteiger partial charge in [-0.1, -0.05) is 0 Å². The maximum Gasteiger partial charge on any atom is 0.574 e. The lowest BCUT2D eigenvalue weighted by atomic mass is 10.2. The molecule has 0 bridgehead atoms. The van der Waals surface area contributed by atoms with Gasteiger partial charge < -0.3 is 16.2 Å². The zero-order chi connectivity index (χ0) is 11.9. The predicted octanol–water partition coefficient (Wildman–Crippen LogP) is 2.36. The molecule has 16 heavy (non-hydrogen) atoms. The summed E-state index contributed by atoms with van der Waals surface area (Å²) in [6.07, 6.45) is -3.56. The number of nitrogen functional groups attached to an aromatic ring is 2. The molecule has 86 valence electrons. The standard InChI is InChI=1S/C8H6F3N3OS/c9-8(10,11)15-5-1-3-4(2-14-5)7(13)16-6(3)12/h1-2H,12-13H2. The van der Waals surface area contributed by atoms with Crippen LogP contribution < -0.4 is 16.2 Å². The molecule has 0 aliphatic carbocycles. The second-order valence-electron chi connectivity index (χ2n) is 2.95. The highest BCUT2D eigenvalue weighted by atomic mass is 32.1. The molecule has 0 saturated carbocycles. The van der Waals surface area contributed by atoms with Crippen molar-refractivity contribution in [2.45, 2.75) is 6.36 Å². The molecule has 0 aromatic carbocycles. The van der Waals surface area contributed by atoms with E-state index in [1.807, 2.05) is 0 Å². The van der Waals surface area contributed by atoms with Crippen LogP contribution in [0.1, 0.15) is 0 Å². The molecule has 2 rings (SSSR count). The van der Waals surface area contributed by atoms with Crippen molar-refractivity contribution >= 4 is 32.1 Å². The van der Waals surface area contributed by atoms with Crippen LogP contribution in [0.15, 0.2) is 12.3 Å². The molecular weight excluding hydrogens is 243 g/mol. The van der Waals surface area contributed by atoms with E-state index in [-0.39, 0.29) is 0 Å². The van der Waals surface area contributed by atoms with Crippen LogP contribution in [-0.2, 0) is 0 Å². The van der Waals surface area contributed by atoms with Gasteiger partial charge in [-0.15, -0.1) is 24.5 Å². The minimum Gasteiger partial charge on any atom is -0.390 e. The summed E-state index contributed by atoms with van der Waals surface area (Å²) in [5.41, 5.74) is 11.2. The fourth-order valence-corrected chi connectivity index (χ4v) is 2.03. The fraction of sp³-hybridized carbons (Fsp3) is 0.125. The summed E-state index contributed by atoms with van der Waals surface area (Å²) in [5.74, 6) is -0.551. The molecule has 2 aromatic rings. The first-order valence-corrected chi connectivity index (χ1v) is 4.88. The highest BCUT2D eigenvalue weighted by molar-refractivity contribution is 7.21. The number of rotatable bonds is 1. The van der Waals surface area contributed by atoms with E-state index in [1.165, 1.54) is 6.20 Å². The van der Waals surface area contributed by atoms with Crippen molar-refractivity contribution in [3.63, 3.8) is 0 Å². The van der Waals surface area contributed by atoms with Gasteiger partial charge in [-0.3, -0.25) is 0 Å². The van der Waals surface area contributed by atoms with E-state index in [9.17, 15) is 13.2 Å². The molecule has 0 aliphatic rings. The topological polar surface area (TPSA) is 74.2 Å². The van der Waals surface area contributed by atoms with Gasteiger partial charge in [0.15, 0.2) is 0 Å². The molecule has 0 spiro atoms. The molecule has 0 aliphatic heterocycles. The van der Waals surface area contributed by atoms with Gasteiger partial charge in [0.05, 0.1) is 10.0 Å². The van der Waals surface area contributed by atoms with Gasteiger partial charge in [-0.25, -0.2) is 4.98 Å². The van der Waals surface area contributed by atoms with Gasteiger partial charge in [0, 0.05) is 23.0 Å². The van der Waals surface area contributed by atoms with Crippen molar-refractivity contribution in [3.8, 4) is 5.88 Å². The van der Waals surface area contributed by atoms with Gasteiger partial charge in [0.2, 0.25) is 5.88 Å². The lowest BCUT2D eigenvalue weighted by molar-refractivity contribution is -0.276. The van der Waals surface area contributed by atoms with Crippen LogP contribution in [0.4, 0.5) is 23.2 Å². The van der Waals surface area contributed by atoms with Crippen molar-refractivity contribution in [2.24, 2.45) is 0 Å². The lowest BCUT2D eigenvalue weighted by Gasteiger charge is -2.07. The van der Waals surface area contributed by atoms with Crippen LogP contribution >= 0.6 is 11.3 Å². The molecule has 4 N–H and O–H groups in total.